The number of ether oxygens (including phenoxy) is 1. The van der Waals surface area contributed by atoms with Crippen molar-refractivity contribution in [3.63, 3.8) is 0 Å². The van der Waals surface area contributed by atoms with Crippen molar-refractivity contribution in [2.75, 3.05) is 13.2 Å². The second-order valence-electron chi connectivity index (χ2n) is 4.75. The Hall–Kier alpha value is -1.43. The van der Waals surface area contributed by atoms with Crippen molar-refractivity contribution in [1.82, 2.24) is 0 Å². The number of ketones is 1. The van der Waals surface area contributed by atoms with Crippen LogP contribution < -0.4 is 0 Å². The summed E-state index contributed by atoms with van der Waals surface area (Å²) in [6, 6.07) is 6.63. The van der Waals surface area contributed by atoms with Gasteiger partial charge in [0.05, 0.1) is 0 Å². The van der Waals surface area contributed by atoms with E-state index in [-0.39, 0.29) is 0 Å². The fourth-order valence-electron chi connectivity index (χ4n) is 1.48. The quantitative estimate of drug-likeness (QED) is 0.562. The minimum atomic E-state index is -4.23. The van der Waals surface area contributed by atoms with Gasteiger partial charge in [-0.25, -0.2) is 8.78 Å². The molecule has 0 radical (unpaired) electrons. The maximum Gasteiger partial charge on any atom is 0.330 e. The van der Waals surface area contributed by atoms with Crippen LogP contribution in [0.2, 0.25) is 0 Å². The van der Waals surface area contributed by atoms with Gasteiger partial charge in [0.1, 0.15) is 13.2 Å². The number of alkyl halides is 4. The Kier molecular flexibility index (Phi) is 5.68. The predicted molar refractivity (Wildman–Crippen MR) is 66.6 cm³/mol. The third kappa shape index (κ3) is 4.59. The van der Waals surface area contributed by atoms with Gasteiger partial charge in [-0.2, -0.15) is 8.78 Å². The van der Waals surface area contributed by atoms with Crippen LogP contribution in [-0.2, 0) is 4.74 Å². The van der Waals surface area contributed by atoms with E-state index in [9.17, 15) is 22.4 Å². The standard InChI is InChI=1S/C14H16F4O2/c1-9(2)10-3-5-11(6-4-10)12(19)7-20-8-14(17,18)13(15)16/h3-6,9,13H,7-8H2,1-2H3. The van der Waals surface area contributed by atoms with E-state index in [0.717, 1.165) is 5.56 Å². The number of halogens is 4. The first-order valence-electron chi connectivity index (χ1n) is 6.11. The first kappa shape index (κ1) is 16.6. The van der Waals surface area contributed by atoms with Gasteiger partial charge in [0.15, 0.2) is 5.78 Å². The Balaban J connectivity index is 2.51. The highest BCUT2D eigenvalue weighted by atomic mass is 19.3. The van der Waals surface area contributed by atoms with Gasteiger partial charge in [-0.3, -0.25) is 4.79 Å². The fourth-order valence-corrected chi connectivity index (χ4v) is 1.48. The topological polar surface area (TPSA) is 26.3 Å². The van der Waals surface area contributed by atoms with E-state index in [2.05, 4.69) is 4.74 Å². The van der Waals surface area contributed by atoms with Gasteiger partial charge in [0.25, 0.3) is 0 Å². The summed E-state index contributed by atoms with van der Waals surface area (Å²) in [6.07, 6.45) is -3.80. The fraction of sp³-hybridized carbons (Fsp3) is 0.500. The molecule has 112 valence electrons. The molecule has 0 atom stereocenters. The third-order valence-electron chi connectivity index (χ3n) is 2.75. The molecule has 0 heterocycles. The average Bonchev–Trinajstić information content (AvgIpc) is 2.38. The van der Waals surface area contributed by atoms with Crippen molar-refractivity contribution in [2.24, 2.45) is 0 Å². The first-order valence-corrected chi connectivity index (χ1v) is 6.11. The maximum absolute atomic E-state index is 12.6. The van der Waals surface area contributed by atoms with Gasteiger partial charge in [0, 0.05) is 5.56 Å². The van der Waals surface area contributed by atoms with Gasteiger partial charge in [-0.1, -0.05) is 38.1 Å². The zero-order valence-electron chi connectivity index (χ0n) is 11.2. The third-order valence-corrected chi connectivity index (χ3v) is 2.75. The summed E-state index contributed by atoms with van der Waals surface area (Å²) < 4.78 is 53.2. The number of carbonyl (C=O) groups excluding carboxylic acids is 1. The van der Waals surface area contributed by atoms with Crippen molar-refractivity contribution >= 4 is 5.78 Å². The van der Waals surface area contributed by atoms with Crippen molar-refractivity contribution in [1.29, 1.82) is 0 Å². The van der Waals surface area contributed by atoms with E-state index in [1.807, 2.05) is 13.8 Å². The lowest BCUT2D eigenvalue weighted by molar-refractivity contribution is -0.163. The molecule has 0 amide bonds. The van der Waals surface area contributed by atoms with Crippen molar-refractivity contribution in [2.45, 2.75) is 32.1 Å². The molecule has 0 aliphatic rings. The molecule has 0 aliphatic carbocycles. The molecule has 0 bridgehead atoms. The molecular formula is C14H16F4O2. The molecular weight excluding hydrogens is 276 g/mol. The van der Waals surface area contributed by atoms with Crippen LogP contribution in [0.4, 0.5) is 17.6 Å². The first-order chi connectivity index (χ1) is 9.24. The molecule has 0 aromatic heterocycles. The van der Waals surface area contributed by atoms with Gasteiger partial charge >= 0.3 is 12.3 Å². The summed E-state index contributed by atoms with van der Waals surface area (Å²) in [7, 11) is 0. The van der Waals surface area contributed by atoms with E-state index >= 15 is 0 Å². The minimum absolute atomic E-state index is 0.301. The number of hydrogen-bond donors (Lipinski definition) is 0. The van der Waals surface area contributed by atoms with Crippen molar-refractivity contribution < 1.29 is 27.1 Å². The molecule has 0 unspecified atom stereocenters. The Labute approximate surface area is 114 Å². The van der Waals surface area contributed by atoms with Crippen LogP contribution in [0, 0.1) is 0 Å². The number of Topliss-reactive ketones (excluding diaryl/α,β-unsaturated/α-hetero) is 1. The minimum Gasteiger partial charge on any atom is -0.367 e. The summed E-state index contributed by atoms with van der Waals surface area (Å²) >= 11 is 0. The monoisotopic (exact) mass is 292 g/mol. The number of hydrogen-bond acceptors (Lipinski definition) is 2. The molecule has 2 nitrogen and oxygen atoms in total. The predicted octanol–water partition coefficient (Wildman–Crippen LogP) is 3.91. The molecule has 0 fully saturated rings. The van der Waals surface area contributed by atoms with Crippen LogP contribution in [0.15, 0.2) is 24.3 Å². The van der Waals surface area contributed by atoms with Crippen LogP contribution in [-0.4, -0.2) is 31.3 Å². The van der Waals surface area contributed by atoms with E-state index in [1.54, 1.807) is 24.3 Å². The van der Waals surface area contributed by atoms with Crippen LogP contribution in [0.3, 0.4) is 0 Å². The number of rotatable bonds is 7. The molecule has 0 spiro atoms. The number of carbonyl (C=O) groups is 1. The zero-order valence-corrected chi connectivity index (χ0v) is 11.2. The lowest BCUT2D eigenvalue weighted by atomic mass is 10.0. The van der Waals surface area contributed by atoms with E-state index in [1.165, 1.54) is 0 Å². The highest BCUT2D eigenvalue weighted by Crippen LogP contribution is 2.23. The number of benzene rings is 1. The van der Waals surface area contributed by atoms with E-state index < -0.39 is 31.3 Å². The molecule has 0 N–H and O–H groups in total. The summed E-state index contributed by atoms with van der Waals surface area (Å²) in [4.78, 5) is 11.6. The summed E-state index contributed by atoms with van der Waals surface area (Å²) in [5, 5.41) is 0. The molecule has 0 saturated carbocycles. The SMILES string of the molecule is CC(C)c1ccc(C(=O)COCC(F)(F)C(F)F)cc1. The highest BCUT2D eigenvalue weighted by Gasteiger charge is 2.41. The Morgan fingerprint density at radius 3 is 2.20 bits per heavy atom. The van der Waals surface area contributed by atoms with Crippen LogP contribution in [0.1, 0.15) is 35.7 Å². The summed E-state index contributed by atoms with van der Waals surface area (Å²) in [5.74, 6) is -4.45. The second-order valence-corrected chi connectivity index (χ2v) is 4.75. The smallest absolute Gasteiger partial charge is 0.330 e. The Morgan fingerprint density at radius 2 is 1.75 bits per heavy atom. The second kappa shape index (κ2) is 6.83. The van der Waals surface area contributed by atoms with Crippen molar-refractivity contribution in [3.8, 4) is 0 Å². The molecule has 1 aromatic rings. The maximum atomic E-state index is 12.6. The Morgan fingerprint density at radius 1 is 1.20 bits per heavy atom. The van der Waals surface area contributed by atoms with Gasteiger partial charge in [-0.15, -0.1) is 0 Å². The zero-order chi connectivity index (χ0) is 15.3. The van der Waals surface area contributed by atoms with Crippen LogP contribution >= 0.6 is 0 Å². The van der Waals surface area contributed by atoms with Gasteiger partial charge < -0.3 is 4.74 Å². The molecule has 0 saturated heterocycles. The van der Waals surface area contributed by atoms with Gasteiger partial charge in [-0.05, 0) is 11.5 Å². The average molecular weight is 292 g/mol. The Bertz CT molecular complexity index is 441. The van der Waals surface area contributed by atoms with Crippen LogP contribution in [0.5, 0.6) is 0 Å². The molecule has 1 rings (SSSR count). The summed E-state index contributed by atoms with van der Waals surface area (Å²) in [5.41, 5.74) is 1.33. The lowest BCUT2D eigenvalue weighted by Crippen LogP contribution is -2.33. The lowest BCUT2D eigenvalue weighted by Gasteiger charge is -2.14. The molecule has 20 heavy (non-hydrogen) atoms. The largest absolute Gasteiger partial charge is 0.367 e. The van der Waals surface area contributed by atoms with E-state index in [4.69, 9.17) is 0 Å². The van der Waals surface area contributed by atoms with Gasteiger partial charge in [0.2, 0.25) is 0 Å². The molecule has 6 heteroatoms. The normalized spacial score (nSPS) is 12.2. The molecule has 1 aromatic carbocycles. The molecule has 0 aliphatic heterocycles. The van der Waals surface area contributed by atoms with E-state index in [0.29, 0.717) is 11.5 Å². The van der Waals surface area contributed by atoms with Crippen molar-refractivity contribution in [3.05, 3.63) is 35.4 Å². The summed E-state index contributed by atoms with van der Waals surface area (Å²) in [6.45, 7) is 1.86. The van der Waals surface area contributed by atoms with Crippen LogP contribution in [0.25, 0.3) is 0 Å². The highest BCUT2D eigenvalue weighted by molar-refractivity contribution is 5.97.